The molecule has 0 atom stereocenters. The Hall–Kier alpha value is -2.36. The summed E-state index contributed by atoms with van der Waals surface area (Å²) in [7, 11) is -2.46. The molecule has 26 heavy (non-hydrogen) atoms. The number of rotatable bonds is 6. The summed E-state index contributed by atoms with van der Waals surface area (Å²) in [4.78, 5) is 16.1. The van der Waals surface area contributed by atoms with Crippen LogP contribution in [0.3, 0.4) is 0 Å². The Bertz CT molecular complexity index is 870. The fourth-order valence-electron chi connectivity index (χ4n) is 2.08. The third-order valence-electron chi connectivity index (χ3n) is 3.15. The fraction of sp³-hybridized carbons (Fsp3) is 0.250. The number of hydrogen-bond donors (Lipinski definition) is 3. The minimum Gasteiger partial charge on any atom is -0.495 e. The first-order valence-electron chi connectivity index (χ1n) is 7.46. The number of nitrogen functional groups attached to an aromatic ring is 1. The molecule has 0 aliphatic heterocycles. The van der Waals surface area contributed by atoms with Crippen LogP contribution in [0.1, 0.15) is 24.2 Å². The topological polar surface area (TPSA) is 123 Å². The molecule has 0 fully saturated rings. The molecule has 1 aromatic heterocycles. The second kappa shape index (κ2) is 8.84. The van der Waals surface area contributed by atoms with Crippen molar-refractivity contribution in [1.29, 1.82) is 0 Å². The van der Waals surface area contributed by atoms with Crippen LogP contribution in [0, 0.1) is 0 Å². The summed E-state index contributed by atoms with van der Waals surface area (Å²) in [6, 6.07) is 7.03. The van der Waals surface area contributed by atoms with Crippen molar-refractivity contribution >= 4 is 39.8 Å². The summed E-state index contributed by atoms with van der Waals surface area (Å²) in [6.07, 6.45) is 1.41. The Labute approximate surface area is 158 Å². The number of pyridine rings is 1. The maximum absolute atomic E-state index is 12.4. The van der Waals surface area contributed by atoms with Gasteiger partial charge in [-0.05, 0) is 44.2 Å². The first-order valence-corrected chi connectivity index (χ1v) is 8.94. The third kappa shape index (κ3) is 5.32. The molecular weight excluding hydrogens is 380 g/mol. The number of carbonyl (C=O) groups is 1. The highest BCUT2D eigenvalue weighted by atomic mass is 35.5. The van der Waals surface area contributed by atoms with Gasteiger partial charge in [0, 0.05) is 11.6 Å². The minimum atomic E-state index is -3.82. The van der Waals surface area contributed by atoms with Crippen molar-refractivity contribution in [2.24, 2.45) is 0 Å². The van der Waals surface area contributed by atoms with Gasteiger partial charge in [-0.25, -0.2) is 18.1 Å². The Morgan fingerprint density at radius 1 is 1.23 bits per heavy atom. The van der Waals surface area contributed by atoms with Gasteiger partial charge in [0.05, 0.1) is 19.0 Å². The average molecular weight is 401 g/mol. The van der Waals surface area contributed by atoms with E-state index in [0.29, 0.717) is 11.5 Å². The number of ether oxygens (including phenoxy) is 1. The lowest BCUT2D eigenvalue weighted by Crippen LogP contribution is -2.30. The van der Waals surface area contributed by atoms with E-state index in [4.69, 9.17) is 10.5 Å². The number of hydrogen-bond acceptors (Lipinski definition) is 6. The van der Waals surface area contributed by atoms with Crippen molar-refractivity contribution < 1.29 is 17.9 Å². The zero-order valence-electron chi connectivity index (χ0n) is 14.5. The van der Waals surface area contributed by atoms with E-state index in [1.54, 1.807) is 26.0 Å². The SMILES string of the molecule is COc1ccc(C(=O)Nc2ccc(N)nc2)cc1S(=O)(=O)NC(C)C.Cl. The second-order valence-electron chi connectivity index (χ2n) is 5.57. The first kappa shape index (κ1) is 21.7. The molecule has 2 rings (SSSR count). The van der Waals surface area contributed by atoms with Gasteiger partial charge in [0.2, 0.25) is 10.0 Å². The molecule has 4 N–H and O–H groups in total. The van der Waals surface area contributed by atoms with Crippen molar-refractivity contribution in [2.45, 2.75) is 24.8 Å². The number of anilines is 2. The molecule has 0 radical (unpaired) electrons. The van der Waals surface area contributed by atoms with Gasteiger partial charge in [-0.1, -0.05) is 0 Å². The second-order valence-corrected chi connectivity index (χ2v) is 7.25. The Balaban J connectivity index is 0.00000338. The number of nitrogens with one attached hydrogen (secondary N) is 2. The van der Waals surface area contributed by atoms with Gasteiger partial charge >= 0.3 is 0 Å². The number of halogens is 1. The van der Waals surface area contributed by atoms with Crippen LogP contribution < -0.4 is 20.5 Å². The fourth-order valence-corrected chi connectivity index (χ4v) is 3.53. The lowest BCUT2D eigenvalue weighted by molar-refractivity contribution is 0.102. The summed E-state index contributed by atoms with van der Waals surface area (Å²) >= 11 is 0. The minimum absolute atomic E-state index is 0. The standard InChI is InChI=1S/C16H20N4O4S.ClH/c1-10(2)20-25(22,23)14-8-11(4-6-13(14)24-3)16(21)19-12-5-7-15(17)18-9-12;/h4-10,20H,1-3H3,(H2,17,18)(H,19,21);1H. The average Bonchev–Trinajstić information content (AvgIpc) is 2.55. The lowest BCUT2D eigenvalue weighted by Gasteiger charge is -2.14. The van der Waals surface area contributed by atoms with Crippen molar-refractivity contribution in [1.82, 2.24) is 9.71 Å². The van der Waals surface area contributed by atoms with Crippen LogP contribution in [0.4, 0.5) is 11.5 Å². The number of aromatic nitrogens is 1. The van der Waals surface area contributed by atoms with Gasteiger partial charge < -0.3 is 15.8 Å². The molecule has 142 valence electrons. The number of amides is 1. The van der Waals surface area contributed by atoms with Crippen LogP contribution in [-0.2, 0) is 10.0 Å². The van der Waals surface area contributed by atoms with Crippen molar-refractivity contribution in [3.8, 4) is 5.75 Å². The molecule has 1 aromatic carbocycles. The summed E-state index contributed by atoms with van der Waals surface area (Å²) in [5.74, 6) is 0.00431. The van der Waals surface area contributed by atoms with E-state index in [2.05, 4.69) is 15.0 Å². The maximum Gasteiger partial charge on any atom is 0.255 e. The largest absolute Gasteiger partial charge is 0.495 e. The molecule has 8 nitrogen and oxygen atoms in total. The van der Waals surface area contributed by atoms with E-state index in [0.717, 1.165) is 0 Å². The molecule has 0 aliphatic carbocycles. The zero-order chi connectivity index (χ0) is 18.6. The highest BCUT2D eigenvalue weighted by molar-refractivity contribution is 7.89. The van der Waals surface area contributed by atoms with Gasteiger partial charge in [0.25, 0.3) is 5.91 Å². The van der Waals surface area contributed by atoms with E-state index in [-0.39, 0.29) is 34.7 Å². The van der Waals surface area contributed by atoms with E-state index in [1.165, 1.54) is 31.5 Å². The molecular formula is C16H21ClN4O4S. The summed E-state index contributed by atoms with van der Waals surface area (Å²) in [5.41, 5.74) is 6.11. The third-order valence-corrected chi connectivity index (χ3v) is 4.83. The van der Waals surface area contributed by atoms with E-state index in [9.17, 15) is 13.2 Å². The molecule has 2 aromatic rings. The molecule has 10 heteroatoms. The molecule has 0 unspecified atom stereocenters. The highest BCUT2D eigenvalue weighted by Crippen LogP contribution is 2.25. The van der Waals surface area contributed by atoms with E-state index in [1.807, 2.05) is 0 Å². The van der Waals surface area contributed by atoms with Crippen LogP contribution in [0.25, 0.3) is 0 Å². The quantitative estimate of drug-likeness (QED) is 0.681. The number of benzene rings is 1. The van der Waals surface area contributed by atoms with Gasteiger partial charge in [-0.15, -0.1) is 12.4 Å². The molecule has 0 aliphatic rings. The van der Waals surface area contributed by atoms with E-state index < -0.39 is 15.9 Å². The summed E-state index contributed by atoms with van der Waals surface area (Å²) < 4.78 is 32.5. The molecule has 0 bridgehead atoms. The molecule has 1 heterocycles. The van der Waals surface area contributed by atoms with Crippen molar-refractivity contribution in [3.05, 3.63) is 42.1 Å². The van der Waals surface area contributed by atoms with Gasteiger partial charge in [-0.3, -0.25) is 4.79 Å². The summed E-state index contributed by atoms with van der Waals surface area (Å²) in [6.45, 7) is 3.41. The molecule has 1 amide bonds. The van der Waals surface area contributed by atoms with Crippen LogP contribution in [0.15, 0.2) is 41.4 Å². The molecule has 0 saturated heterocycles. The van der Waals surface area contributed by atoms with Crippen LogP contribution in [-0.4, -0.2) is 32.5 Å². The van der Waals surface area contributed by atoms with Crippen molar-refractivity contribution in [3.63, 3.8) is 0 Å². The van der Waals surface area contributed by atoms with Gasteiger partial charge in [0.1, 0.15) is 16.5 Å². The Morgan fingerprint density at radius 3 is 2.46 bits per heavy atom. The number of carbonyl (C=O) groups excluding carboxylic acids is 1. The molecule has 0 spiro atoms. The van der Waals surface area contributed by atoms with Crippen molar-refractivity contribution in [2.75, 3.05) is 18.2 Å². The van der Waals surface area contributed by atoms with E-state index >= 15 is 0 Å². The monoisotopic (exact) mass is 400 g/mol. The van der Waals surface area contributed by atoms with Gasteiger partial charge in [0.15, 0.2) is 0 Å². The highest BCUT2D eigenvalue weighted by Gasteiger charge is 2.22. The number of nitrogens with zero attached hydrogens (tertiary/aromatic N) is 1. The lowest BCUT2D eigenvalue weighted by atomic mass is 10.2. The van der Waals surface area contributed by atoms with Crippen LogP contribution >= 0.6 is 12.4 Å². The normalized spacial score (nSPS) is 10.9. The van der Waals surface area contributed by atoms with Crippen LogP contribution in [0.2, 0.25) is 0 Å². The predicted octanol–water partition coefficient (Wildman–Crippen LogP) is 2.03. The maximum atomic E-state index is 12.4. The Kier molecular flexibility index (Phi) is 7.37. The smallest absolute Gasteiger partial charge is 0.255 e. The number of nitrogens with two attached hydrogens (primary N) is 1. The zero-order valence-corrected chi connectivity index (χ0v) is 16.1. The van der Waals surface area contributed by atoms with Gasteiger partial charge in [-0.2, -0.15) is 0 Å². The van der Waals surface area contributed by atoms with Crippen LogP contribution in [0.5, 0.6) is 5.75 Å². The number of sulfonamides is 1. The number of methoxy groups -OCH3 is 1. The molecule has 0 saturated carbocycles. The Morgan fingerprint density at radius 2 is 1.92 bits per heavy atom. The summed E-state index contributed by atoms with van der Waals surface area (Å²) in [5, 5.41) is 2.63. The first-order chi connectivity index (χ1) is 11.7. The predicted molar refractivity (Wildman–Crippen MR) is 102 cm³/mol.